The molecule has 2 nitrogen and oxygen atoms in total. The Balaban J connectivity index is 2.28. The van der Waals surface area contributed by atoms with Crippen LogP contribution in [0.5, 0.6) is 0 Å². The van der Waals surface area contributed by atoms with Crippen LogP contribution in [0.4, 0.5) is 5.82 Å². The number of fused-ring (bicyclic) bond motifs is 1. The molecule has 1 heterocycles. The van der Waals surface area contributed by atoms with Gasteiger partial charge in [-0.2, -0.15) is 0 Å². The average molecular weight is 226 g/mol. The number of hydrogen-bond acceptors (Lipinski definition) is 2. The van der Waals surface area contributed by atoms with Crippen LogP contribution in [0.3, 0.4) is 0 Å². The Bertz CT molecular complexity index is 552. The zero-order valence-electron chi connectivity index (χ0n) is 10.6. The highest BCUT2D eigenvalue weighted by Gasteiger charge is 2.01. The number of nitrogens with zero attached hydrogens (tertiary/aromatic N) is 1. The quantitative estimate of drug-likeness (QED) is 0.802. The van der Waals surface area contributed by atoms with Crippen LogP contribution < -0.4 is 5.32 Å². The second kappa shape index (κ2) is 5.00. The fourth-order valence-corrected chi connectivity index (χ4v) is 1.75. The van der Waals surface area contributed by atoms with Crippen molar-refractivity contribution in [2.24, 2.45) is 0 Å². The van der Waals surface area contributed by atoms with E-state index in [0.29, 0.717) is 0 Å². The summed E-state index contributed by atoms with van der Waals surface area (Å²) >= 11 is 0. The van der Waals surface area contributed by atoms with E-state index in [1.54, 1.807) is 0 Å². The van der Waals surface area contributed by atoms with E-state index in [0.717, 1.165) is 17.9 Å². The van der Waals surface area contributed by atoms with E-state index in [1.807, 2.05) is 18.2 Å². The highest BCUT2D eigenvalue weighted by atomic mass is 15.0. The molecular formula is C15H18N2. The maximum absolute atomic E-state index is 4.63. The van der Waals surface area contributed by atoms with Gasteiger partial charge < -0.3 is 5.32 Å². The summed E-state index contributed by atoms with van der Waals surface area (Å²) in [6.45, 7) is 7.11. The van der Waals surface area contributed by atoms with Gasteiger partial charge in [0.1, 0.15) is 5.82 Å². The SMILES string of the molecule is CC(C)=CCNc1nc2ccccc2cc1C. The van der Waals surface area contributed by atoms with Crippen LogP contribution in [0.25, 0.3) is 10.9 Å². The predicted octanol–water partition coefficient (Wildman–Crippen LogP) is 3.92. The third-order valence-electron chi connectivity index (χ3n) is 2.69. The maximum atomic E-state index is 4.63. The fourth-order valence-electron chi connectivity index (χ4n) is 1.75. The van der Waals surface area contributed by atoms with Gasteiger partial charge >= 0.3 is 0 Å². The number of allylic oxidation sites excluding steroid dienone is 1. The largest absolute Gasteiger partial charge is 0.366 e. The van der Waals surface area contributed by atoms with Gasteiger partial charge in [-0.05, 0) is 38.5 Å². The molecule has 0 radical (unpaired) electrons. The molecule has 0 aliphatic carbocycles. The number of pyridine rings is 1. The zero-order valence-corrected chi connectivity index (χ0v) is 10.6. The minimum absolute atomic E-state index is 0.828. The molecule has 2 heteroatoms. The van der Waals surface area contributed by atoms with Crippen molar-refractivity contribution in [2.75, 3.05) is 11.9 Å². The summed E-state index contributed by atoms with van der Waals surface area (Å²) in [5.41, 5.74) is 3.54. The van der Waals surface area contributed by atoms with Gasteiger partial charge in [0.2, 0.25) is 0 Å². The van der Waals surface area contributed by atoms with Crippen LogP contribution in [-0.4, -0.2) is 11.5 Å². The summed E-state index contributed by atoms with van der Waals surface area (Å²) in [7, 11) is 0. The summed E-state index contributed by atoms with van der Waals surface area (Å²) < 4.78 is 0. The smallest absolute Gasteiger partial charge is 0.129 e. The van der Waals surface area contributed by atoms with E-state index >= 15 is 0 Å². The first-order chi connectivity index (χ1) is 8.16. The van der Waals surface area contributed by atoms with E-state index in [2.05, 4.69) is 49.3 Å². The molecule has 0 atom stereocenters. The summed E-state index contributed by atoms with van der Waals surface area (Å²) in [6, 6.07) is 10.4. The Morgan fingerprint density at radius 1 is 1.29 bits per heavy atom. The lowest BCUT2D eigenvalue weighted by atomic mass is 10.1. The molecule has 17 heavy (non-hydrogen) atoms. The van der Waals surface area contributed by atoms with Crippen molar-refractivity contribution in [1.82, 2.24) is 4.98 Å². The molecule has 0 saturated heterocycles. The minimum atomic E-state index is 0.828. The number of hydrogen-bond donors (Lipinski definition) is 1. The van der Waals surface area contributed by atoms with Crippen molar-refractivity contribution in [1.29, 1.82) is 0 Å². The lowest BCUT2D eigenvalue weighted by molar-refractivity contribution is 1.20. The Morgan fingerprint density at radius 2 is 2.06 bits per heavy atom. The van der Waals surface area contributed by atoms with E-state index in [9.17, 15) is 0 Å². The van der Waals surface area contributed by atoms with Crippen molar-refractivity contribution in [3.8, 4) is 0 Å². The summed E-state index contributed by atoms with van der Waals surface area (Å²) in [6.07, 6.45) is 2.16. The molecule has 88 valence electrons. The van der Waals surface area contributed by atoms with Crippen LogP contribution in [-0.2, 0) is 0 Å². The first-order valence-electron chi connectivity index (χ1n) is 5.90. The van der Waals surface area contributed by atoms with Gasteiger partial charge in [-0.1, -0.05) is 29.8 Å². The molecule has 1 aromatic heterocycles. The molecule has 0 amide bonds. The topological polar surface area (TPSA) is 24.9 Å². The number of benzene rings is 1. The Morgan fingerprint density at radius 3 is 2.82 bits per heavy atom. The molecule has 0 spiro atoms. The van der Waals surface area contributed by atoms with E-state index in [1.165, 1.54) is 16.5 Å². The van der Waals surface area contributed by atoms with Crippen molar-refractivity contribution in [2.45, 2.75) is 20.8 Å². The molecule has 0 bridgehead atoms. The standard InChI is InChI=1S/C15H18N2/c1-11(2)8-9-16-15-12(3)10-13-6-4-5-7-14(13)17-15/h4-8,10H,9H2,1-3H3,(H,16,17). The van der Waals surface area contributed by atoms with Gasteiger partial charge in [0.25, 0.3) is 0 Å². The molecule has 0 saturated carbocycles. The van der Waals surface area contributed by atoms with Gasteiger partial charge in [-0.3, -0.25) is 0 Å². The van der Waals surface area contributed by atoms with Crippen LogP contribution >= 0.6 is 0 Å². The number of anilines is 1. The van der Waals surface area contributed by atoms with Crippen LogP contribution in [0.1, 0.15) is 19.4 Å². The zero-order chi connectivity index (χ0) is 12.3. The van der Waals surface area contributed by atoms with Crippen LogP contribution in [0.2, 0.25) is 0 Å². The van der Waals surface area contributed by atoms with Crippen molar-refractivity contribution < 1.29 is 0 Å². The van der Waals surface area contributed by atoms with Crippen molar-refractivity contribution >= 4 is 16.7 Å². The summed E-state index contributed by atoms with van der Waals surface area (Å²) in [5, 5.41) is 4.54. The van der Waals surface area contributed by atoms with Crippen LogP contribution in [0.15, 0.2) is 42.0 Å². The number of para-hydroxylation sites is 1. The van der Waals surface area contributed by atoms with Gasteiger partial charge in [0, 0.05) is 11.9 Å². The van der Waals surface area contributed by atoms with Crippen LogP contribution in [0, 0.1) is 6.92 Å². The third kappa shape index (κ3) is 2.84. The molecule has 0 fully saturated rings. The lowest BCUT2D eigenvalue weighted by Gasteiger charge is -2.08. The second-order valence-electron chi connectivity index (χ2n) is 4.51. The number of nitrogens with one attached hydrogen (secondary N) is 1. The van der Waals surface area contributed by atoms with Gasteiger partial charge in [-0.15, -0.1) is 0 Å². The molecule has 2 rings (SSSR count). The highest BCUT2D eigenvalue weighted by molar-refractivity contribution is 5.81. The first-order valence-corrected chi connectivity index (χ1v) is 5.90. The molecule has 2 aromatic rings. The number of aromatic nitrogens is 1. The Kier molecular flexibility index (Phi) is 3.43. The molecule has 0 aliphatic heterocycles. The Hall–Kier alpha value is -1.83. The summed E-state index contributed by atoms with van der Waals surface area (Å²) in [4.78, 5) is 4.63. The molecule has 0 aliphatic rings. The number of rotatable bonds is 3. The normalized spacial score (nSPS) is 10.3. The van der Waals surface area contributed by atoms with Crippen molar-refractivity contribution in [3.05, 3.63) is 47.5 Å². The van der Waals surface area contributed by atoms with Gasteiger partial charge in [0.05, 0.1) is 5.52 Å². The van der Waals surface area contributed by atoms with E-state index in [-0.39, 0.29) is 0 Å². The fraction of sp³-hybridized carbons (Fsp3) is 0.267. The van der Waals surface area contributed by atoms with E-state index in [4.69, 9.17) is 0 Å². The van der Waals surface area contributed by atoms with Crippen molar-refractivity contribution in [3.63, 3.8) is 0 Å². The Labute approximate surface area is 102 Å². The monoisotopic (exact) mass is 226 g/mol. The van der Waals surface area contributed by atoms with Gasteiger partial charge in [0.15, 0.2) is 0 Å². The lowest BCUT2D eigenvalue weighted by Crippen LogP contribution is -2.03. The molecule has 1 N–H and O–H groups in total. The minimum Gasteiger partial charge on any atom is -0.366 e. The third-order valence-corrected chi connectivity index (χ3v) is 2.69. The average Bonchev–Trinajstić information content (AvgIpc) is 2.29. The second-order valence-corrected chi connectivity index (χ2v) is 4.51. The molecular weight excluding hydrogens is 208 g/mol. The van der Waals surface area contributed by atoms with E-state index < -0.39 is 0 Å². The molecule has 1 aromatic carbocycles. The predicted molar refractivity (Wildman–Crippen MR) is 74.4 cm³/mol. The maximum Gasteiger partial charge on any atom is 0.129 e. The summed E-state index contributed by atoms with van der Waals surface area (Å²) in [5.74, 6) is 0.973. The first kappa shape index (κ1) is 11.6. The molecule has 0 unspecified atom stereocenters. The number of aryl methyl sites for hydroxylation is 1. The van der Waals surface area contributed by atoms with Gasteiger partial charge in [-0.25, -0.2) is 4.98 Å². The highest BCUT2D eigenvalue weighted by Crippen LogP contribution is 2.19.